The summed E-state index contributed by atoms with van der Waals surface area (Å²) >= 11 is 8.50. The van der Waals surface area contributed by atoms with Crippen molar-refractivity contribution in [2.75, 3.05) is 5.32 Å². The molecule has 1 heterocycles. The number of nitro groups is 1. The Hall–Kier alpha value is -2.59. The van der Waals surface area contributed by atoms with E-state index in [9.17, 15) is 18.5 Å². The number of hydrogen-bond donors (Lipinski definition) is 2. The van der Waals surface area contributed by atoms with Gasteiger partial charge in [-0.25, -0.2) is 13.6 Å². The van der Waals surface area contributed by atoms with Crippen LogP contribution in [0.4, 0.5) is 11.4 Å². The first-order valence-electron chi connectivity index (χ1n) is 10.8. The van der Waals surface area contributed by atoms with Crippen molar-refractivity contribution >= 4 is 44.8 Å². The summed E-state index contributed by atoms with van der Waals surface area (Å²) in [5.41, 5.74) is 2.80. The van der Waals surface area contributed by atoms with Crippen molar-refractivity contribution in [1.29, 1.82) is 0 Å². The highest BCUT2D eigenvalue weighted by Gasteiger charge is 2.50. The van der Waals surface area contributed by atoms with Gasteiger partial charge >= 0.3 is 0 Å². The molecule has 1 saturated carbocycles. The molecule has 0 radical (unpaired) electrons. The quantitative estimate of drug-likeness (QED) is 0.271. The van der Waals surface area contributed by atoms with Gasteiger partial charge in [-0.05, 0) is 47.7 Å². The molecular weight excluding hydrogens is 494 g/mol. The van der Waals surface area contributed by atoms with Gasteiger partial charge in [-0.15, -0.1) is 23.4 Å². The summed E-state index contributed by atoms with van der Waals surface area (Å²) in [4.78, 5) is 11.8. The van der Waals surface area contributed by atoms with E-state index in [1.807, 2.05) is 18.2 Å². The van der Waals surface area contributed by atoms with Crippen molar-refractivity contribution in [3.8, 4) is 0 Å². The molecule has 34 heavy (non-hydrogen) atoms. The minimum absolute atomic E-state index is 0.0309. The number of nitrogens with two attached hydrogens (primary N) is 1. The van der Waals surface area contributed by atoms with Crippen molar-refractivity contribution in [1.82, 2.24) is 0 Å². The molecule has 0 spiro atoms. The molecule has 3 aromatic carbocycles. The Morgan fingerprint density at radius 1 is 1.06 bits per heavy atom. The third-order valence-corrected chi connectivity index (χ3v) is 9.64. The monoisotopic (exact) mass is 515 g/mol. The molecule has 2 aliphatic rings. The van der Waals surface area contributed by atoms with Crippen LogP contribution in [0.5, 0.6) is 0 Å². The molecule has 1 fully saturated rings. The van der Waals surface area contributed by atoms with E-state index < -0.39 is 10.0 Å². The van der Waals surface area contributed by atoms with Gasteiger partial charge in [0, 0.05) is 22.9 Å². The van der Waals surface area contributed by atoms with Gasteiger partial charge in [0.1, 0.15) is 0 Å². The average molecular weight is 516 g/mol. The molecule has 176 valence electrons. The molecule has 10 heteroatoms. The molecule has 3 N–H and O–H groups in total. The van der Waals surface area contributed by atoms with Crippen molar-refractivity contribution in [2.24, 2.45) is 11.1 Å². The van der Waals surface area contributed by atoms with Gasteiger partial charge in [-0.2, -0.15) is 0 Å². The number of nitrogens with one attached hydrogen (secondary N) is 1. The first kappa shape index (κ1) is 23.2. The van der Waals surface area contributed by atoms with E-state index in [2.05, 4.69) is 17.4 Å². The second kappa shape index (κ2) is 8.88. The molecule has 0 bridgehead atoms. The number of para-hydroxylation sites is 1. The van der Waals surface area contributed by atoms with Crippen LogP contribution in [0.15, 0.2) is 82.6 Å². The highest BCUT2D eigenvalue weighted by Crippen LogP contribution is 2.58. The normalized spacial score (nSPS) is 25.8. The number of thioether (sulfide) groups is 1. The Labute approximate surface area is 206 Å². The van der Waals surface area contributed by atoms with E-state index in [1.54, 1.807) is 30.3 Å². The Kier molecular flexibility index (Phi) is 6.05. The zero-order valence-corrected chi connectivity index (χ0v) is 20.3. The summed E-state index contributed by atoms with van der Waals surface area (Å²) < 4.78 is 24.1. The molecule has 0 saturated heterocycles. The van der Waals surface area contributed by atoms with Gasteiger partial charge < -0.3 is 5.32 Å². The Bertz CT molecular complexity index is 1350. The maximum atomic E-state index is 12.0. The lowest BCUT2D eigenvalue weighted by atomic mass is 9.77. The SMILES string of the molecule is NS(=O)(=O)c1ccc2c(c1)[C@H]1[C@H](Cl)[C@H](Sc3ccccc3[N+](=O)[O-])C[C@H]1[C@H](c1ccccc1)N2. The van der Waals surface area contributed by atoms with E-state index in [0.29, 0.717) is 11.3 Å². The van der Waals surface area contributed by atoms with E-state index in [4.69, 9.17) is 16.7 Å². The van der Waals surface area contributed by atoms with Crippen LogP contribution in [0.2, 0.25) is 0 Å². The van der Waals surface area contributed by atoms with E-state index >= 15 is 0 Å². The number of nitrogens with zero attached hydrogens (tertiary/aromatic N) is 1. The van der Waals surface area contributed by atoms with Crippen molar-refractivity contribution < 1.29 is 13.3 Å². The number of anilines is 1. The number of primary sulfonamides is 1. The molecule has 1 aliphatic heterocycles. The Morgan fingerprint density at radius 2 is 1.76 bits per heavy atom. The highest BCUT2D eigenvalue weighted by atomic mass is 35.5. The Morgan fingerprint density at radius 3 is 2.47 bits per heavy atom. The number of alkyl halides is 1. The zero-order valence-electron chi connectivity index (χ0n) is 17.9. The lowest BCUT2D eigenvalue weighted by molar-refractivity contribution is -0.387. The summed E-state index contributed by atoms with van der Waals surface area (Å²) in [6.45, 7) is 0. The predicted molar refractivity (Wildman–Crippen MR) is 134 cm³/mol. The molecule has 7 nitrogen and oxygen atoms in total. The molecular formula is C24H22ClN3O4S2. The van der Waals surface area contributed by atoms with Crippen LogP contribution in [0, 0.1) is 16.0 Å². The number of fused-ring (bicyclic) bond motifs is 3. The average Bonchev–Trinajstić information content (AvgIpc) is 3.14. The Balaban J connectivity index is 1.57. The van der Waals surface area contributed by atoms with Crippen LogP contribution in [-0.4, -0.2) is 24.0 Å². The largest absolute Gasteiger partial charge is 0.378 e. The van der Waals surface area contributed by atoms with Crippen molar-refractivity contribution in [3.63, 3.8) is 0 Å². The zero-order chi connectivity index (χ0) is 24.0. The standard InChI is InChI=1S/C24H22ClN3O4S2/c25-23-21(33-20-9-5-4-8-19(20)28(29)30)13-17-22(23)16-12-15(34(26,31)32)10-11-18(16)27-24(17)14-6-2-1-3-7-14/h1-12,17,21-24,27H,13H2,(H2,26,31,32)/t17-,21-,22-,23-,24+/m1/s1. The van der Waals surface area contributed by atoms with E-state index in [0.717, 1.165) is 16.8 Å². The van der Waals surface area contributed by atoms with E-state index in [1.165, 1.54) is 23.9 Å². The number of rotatable bonds is 5. The fourth-order valence-corrected chi connectivity index (χ4v) is 7.63. The maximum Gasteiger partial charge on any atom is 0.282 e. The predicted octanol–water partition coefficient (Wildman–Crippen LogP) is 5.28. The summed E-state index contributed by atoms with van der Waals surface area (Å²) in [6.07, 6.45) is 0.709. The van der Waals surface area contributed by atoms with Crippen LogP contribution >= 0.6 is 23.4 Å². The first-order valence-corrected chi connectivity index (χ1v) is 13.6. The fraction of sp³-hybridized carbons (Fsp3) is 0.250. The molecule has 0 amide bonds. The third-order valence-electron chi connectivity index (χ3n) is 6.61. The van der Waals surface area contributed by atoms with Gasteiger partial charge in [-0.1, -0.05) is 42.5 Å². The summed E-state index contributed by atoms with van der Waals surface area (Å²) in [6, 6.07) is 21.5. The van der Waals surface area contributed by atoms with Gasteiger partial charge in [0.15, 0.2) is 0 Å². The lowest BCUT2D eigenvalue weighted by Gasteiger charge is -2.38. The first-order chi connectivity index (χ1) is 16.2. The van der Waals surface area contributed by atoms with Crippen LogP contribution in [-0.2, 0) is 10.0 Å². The third kappa shape index (κ3) is 4.17. The number of halogens is 1. The molecule has 1 aliphatic carbocycles. The molecule has 0 aromatic heterocycles. The van der Waals surface area contributed by atoms with Crippen LogP contribution in [0.1, 0.15) is 29.5 Å². The van der Waals surface area contributed by atoms with Gasteiger partial charge in [0.2, 0.25) is 10.0 Å². The minimum atomic E-state index is -3.88. The lowest BCUT2D eigenvalue weighted by Crippen LogP contribution is -2.31. The van der Waals surface area contributed by atoms with Crippen molar-refractivity contribution in [3.05, 3.63) is 94.0 Å². The van der Waals surface area contributed by atoms with Crippen molar-refractivity contribution in [2.45, 2.75) is 38.8 Å². The maximum absolute atomic E-state index is 12.0. The molecule has 5 rings (SSSR count). The second-order valence-electron chi connectivity index (χ2n) is 8.58. The van der Waals surface area contributed by atoms with Crippen LogP contribution in [0.25, 0.3) is 0 Å². The highest BCUT2D eigenvalue weighted by molar-refractivity contribution is 8.00. The molecule has 5 atom stereocenters. The van der Waals surface area contributed by atoms with E-state index in [-0.39, 0.29) is 44.0 Å². The van der Waals surface area contributed by atoms with Crippen LogP contribution < -0.4 is 10.5 Å². The van der Waals surface area contributed by atoms with Crippen LogP contribution in [0.3, 0.4) is 0 Å². The number of nitro benzene ring substituents is 1. The van der Waals surface area contributed by atoms with Gasteiger partial charge in [-0.3, -0.25) is 10.1 Å². The fourth-order valence-electron chi connectivity index (χ4n) is 5.13. The topological polar surface area (TPSA) is 115 Å². The molecule has 0 unspecified atom stereocenters. The summed E-state index contributed by atoms with van der Waals surface area (Å²) in [5, 5.41) is 20.1. The van der Waals surface area contributed by atoms with Gasteiger partial charge in [0.25, 0.3) is 5.69 Å². The molecule has 3 aromatic rings. The van der Waals surface area contributed by atoms with Gasteiger partial charge in [0.05, 0.1) is 26.1 Å². The minimum Gasteiger partial charge on any atom is -0.378 e. The number of sulfonamides is 1. The smallest absolute Gasteiger partial charge is 0.282 e. The summed E-state index contributed by atoms with van der Waals surface area (Å²) in [5.74, 6) is -0.0847. The number of hydrogen-bond acceptors (Lipinski definition) is 6. The second-order valence-corrected chi connectivity index (χ2v) is 11.9. The number of benzene rings is 3. The summed E-state index contributed by atoms with van der Waals surface area (Å²) in [7, 11) is -3.88.